The SMILES string of the molecule is c1csc(CN(C[C@H]2CCCO2)c2nccn3cnnc23)c1. The van der Waals surface area contributed by atoms with Crippen LogP contribution in [0.15, 0.2) is 36.2 Å². The number of rotatable bonds is 5. The van der Waals surface area contributed by atoms with Gasteiger partial charge in [0.15, 0.2) is 5.82 Å². The molecule has 1 aliphatic heterocycles. The summed E-state index contributed by atoms with van der Waals surface area (Å²) in [5.41, 5.74) is 0.789. The van der Waals surface area contributed by atoms with Gasteiger partial charge in [0.2, 0.25) is 5.65 Å². The Morgan fingerprint density at radius 3 is 3.27 bits per heavy atom. The number of thiophene rings is 1. The first-order valence-corrected chi connectivity index (χ1v) is 8.31. The van der Waals surface area contributed by atoms with E-state index in [1.54, 1.807) is 23.9 Å². The van der Waals surface area contributed by atoms with Crippen LogP contribution in [0.3, 0.4) is 0 Å². The van der Waals surface area contributed by atoms with Crippen LogP contribution in [0.1, 0.15) is 17.7 Å². The number of ether oxygens (including phenoxy) is 1. The van der Waals surface area contributed by atoms with Gasteiger partial charge in [-0.15, -0.1) is 21.5 Å². The fourth-order valence-electron chi connectivity index (χ4n) is 2.82. The standard InChI is InChI=1S/C15H17N5OS/c1-3-12(21-7-1)9-20(10-13-4-2-8-22-13)14-15-18-17-11-19(15)6-5-16-14/h2,4-6,8,11-12H,1,3,7,9-10H2/t12-/m1/s1. The molecule has 4 rings (SSSR count). The van der Waals surface area contributed by atoms with Gasteiger partial charge in [-0.1, -0.05) is 6.07 Å². The second-order valence-corrected chi connectivity index (χ2v) is 6.44. The summed E-state index contributed by atoms with van der Waals surface area (Å²) in [4.78, 5) is 8.12. The van der Waals surface area contributed by atoms with Crippen molar-refractivity contribution in [1.29, 1.82) is 0 Å². The zero-order chi connectivity index (χ0) is 14.8. The summed E-state index contributed by atoms with van der Waals surface area (Å²) in [6, 6.07) is 4.23. The minimum Gasteiger partial charge on any atom is -0.376 e. The molecule has 0 spiro atoms. The van der Waals surface area contributed by atoms with E-state index in [0.29, 0.717) is 0 Å². The third-order valence-electron chi connectivity index (χ3n) is 3.87. The van der Waals surface area contributed by atoms with Gasteiger partial charge >= 0.3 is 0 Å². The fraction of sp³-hybridized carbons (Fsp3) is 0.400. The van der Waals surface area contributed by atoms with Crippen molar-refractivity contribution >= 4 is 22.8 Å². The van der Waals surface area contributed by atoms with Crippen molar-refractivity contribution in [3.8, 4) is 0 Å². The van der Waals surface area contributed by atoms with Crippen molar-refractivity contribution < 1.29 is 4.74 Å². The summed E-state index contributed by atoms with van der Waals surface area (Å²) >= 11 is 1.76. The number of fused-ring (bicyclic) bond motifs is 1. The molecule has 0 aromatic carbocycles. The van der Waals surface area contributed by atoms with Crippen molar-refractivity contribution in [1.82, 2.24) is 19.6 Å². The monoisotopic (exact) mass is 315 g/mol. The molecule has 0 aliphatic carbocycles. The van der Waals surface area contributed by atoms with E-state index in [-0.39, 0.29) is 6.10 Å². The van der Waals surface area contributed by atoms with Crippen LogP contribution in [0, 0.1) is 0 Å². The molecule has 0 radical (unpaired) electrons. The molecule has 0 bridgehead atoms. The molecule has 0 unspecified atom stereocenters. The predicted molar refractivity (Wildman–Crippen MR) is 85.1 cm³/mol. The van der Waals surface area contributed by atoms with Gasteiger partial charge < -0.3 is 9.64 Å². The number of hydrogen-bond acceptors (Lipinski definition) is 6. The summed E-state index contributed by atoms with van der Waals surface area (Å²) in [5.74, 6) is 0.865. The minimum atomic E-state index is 0.268. The Bertz CT molecular complexity index is 735. The highest BCUT2D eigenvalue weighted by Crippen LogP contribution is 2.23. The Labute approximate surface area is 132 Å². The molecule has 0 saturated carbocycles. The lowest BCUT2D eigenvalue weighted by Gasteiger charge is -2.26. The molecule has 6 nitrogen and oxygen atoms in total. The van der Waals surface area contributed by atoms with Crippen molar-refractivity contribution in [2.75, 3.05) is 18.1 Å². The second-order valence-electron chi connectivity index (χ2n) is 5.41. The first kappa shape index (κ1) is 13.7. The van der Waals surface area contributed by atoms with Gasteiger partial charge in [0, 0.05) is 30.4 Å². The third kappa shape index (κ3) is 2.69. The predicted octanol–water partition coefficient (Wildman–Crippen LogP) is 2.37. The minimum absolute atomic E-state index is 0.268. The number of aromatic nitrogens is 4. The van der Waals surface area contributed by atoms with E-state index >= 15 is 0 Å². The van der Waals surface area contributed by atoms with E-state index in [1.165, 1.54) is 4.88 Å². The van der Waals surface area contributed by atoms with Crippen LogP contribution in [0.5, 0.6) is 0 Å². The summed E-state index contributed by atoms with van der Waals surface area (Å²) in [6.45, 7) is 2.51. The van der Waals surface area contributed by atoms with E-state index in [9.17, 15) is 0 Å². The Hall–Kier alpha value is -1.99. The van der Waals surface area contributed by atoms with Crippen LogP contribution in [0.2, 0.25) is 0 Å². The van der Waals surface area contributed by atoms with Crippen molar-refractivity contribution in [3.05, 3.63) is 41.1 Å². The molecule has 7 heteroatoms. The number of anilines is 1. The molecule has 1 aliphatic rings. The van der Waals surface area contributed by atoms with E-state index < -0.39 is 0 Å². The molecule has 114 valence electrons. The van der Waals surface area contributed by atoms with Gasteiger partial charge in [0.1, 0.15) is 6.33 Å². The van der Waals surface area contributed by atoms with Gasteiger partial charge in [0.05, 0.1) is 12.6 Å². The zero-order valence-corrected chi connectivity index (χ0v) is 12.9. The molecule has 3 aromatic heterocycles. The van der Waals surface area contributed by atoms with Gasteiger partial charge in [-0.2, -0.15) is 0 Å². The maximum absolute atomic E-state index is 5.81. The molecular weight excluding hydrogens is 298 g/mol. The Morgan fingerprint density at radius 2 is 2.45 bits per heavy atom. The van der Waals surface area contributed by atoms with Gasteiger partial charge in [-0.05, 0) is 24.3 Å². The van der Waals surface area contributed by atoms with Crippen LogP contribution in [0.25, 0.3) is 5.65 Å². The number of nitrogens with zero attached hydrogens (tertiary/aromatic N) is 5. The molecular formula is C15H17N5OS. The van der Waals surface area contributed by atoms with E-state index in [0.717, 1.165) is 44.0 Å². The topological polar surface area (TPSA) is 55.5 Å². The highest BCUT2D eigenvalue weighted by atomic mass is 32.1. The summed E-state index contributed by atoms with van der Waals surface area (Å²) in [5, 5.41) is 10.3. The molecule has 0 amide bonds. The summed E-state index contributed by atoms with van der Waals surface area (Å²) in [6.07, 6.45) is 7.88. The van der Waals surface area contributed by atoms with Crippen LogP contribution < -0.4 is 4.90 Å². The first-order chi connectivity index (χ1) is 10.9. The van der Waals surface area contributed by atoms with E-state index in [2.05, 4.69) is 37.6 Å². The average molecular weight is 315 g/mol. The lowest BCUT2D eigenvalue weighted by atomic mass is 10.2. The Morgan fingerprint density at radius 1 is 1.45 bits per heavy atom. The molecule has 1 atom stereocenters. The lowest BCUT2D eigenvalue weighted by Crippen LogP contribution is -2.32. The zero-order valence-electron chi connectivity index (χ0n) is 12.1. The maximum Gasteiger partial charge on any atom is 0.203 e. The van der Waals surface area contributed by atoms with Crippen LogP contribution in [-0.2, 0) is 11.3 Å². The fourth-order valence-corrected chi connectivity index (χ4v) is 3.54. The van der Waals surface area contributed by atoms with Crippen molar-refractivity contribution in [3.63, 3.8) is 0 Å². The largest absolute Gasteiger partial charge is 0.376 e. The number of hydrogen-bond donors (Lipinski definition) is 0. The van der Waals surface area contributed by atoms with Gasteiger partial charge in [-0.3, -0.25) is 4.40 Å². The molecule has 0 N–H and O–H groups in total. The summed E-state index contributed by atoms with van der Waals surface area (Å²) in [7, 11) is 0. The van der Waals surface area contributed by atoms with Crippen LogP contribution in [-0.4, -0.2) is 38.8 Å². The highest BCUT2D eigenvalue weighted by molar-refractivity contribution is 7.09. The molecule has 1 saturated heterocycles. The molecule has 4 heterocycles. The molecule has 22 heavy (non-hydrogen) atoms. The first-order valence-electron chi connectivity index (χ1n) is 7.43. The molecule has 3 aromatic rings. The second kappa shape index (κ2) is 6.02. The molecule has 1 fully saturated rings. The summed E-state index contributed by atoms with van der Waals surface area (Å²) < 4.78 is 7.71. The van der Waals surface area contributed by atoms with E-state index in [4.69, 9.17) is 4.74 Å². The highest BCUT2D eigenvalue weighted by Gasteiger charge is 2.22. The lowest BCUT2D eigenvalue weighted by molar-refractivity contribution is 0.115. The van der Waals surface area contributed by atoms with Crippen LogP contribution in [0.4, 0.5) is 5.82 Å². The van der Waals surface area contributed by atoms with Crippen molar-refractivity contribution in [2.24, 2.45) is 0 Å². The quantitative estimate of drug-likeness (QED) is 0.723. The Balaban J connectivity index is 1.67. The normalized spacial score (nSPS) is 18.1. The Kier molecular flexibility index (Phi) is 3.74. The average Bonchev–Trinajstić information content (AvgIpc) is 3.28. The van der Waals surface area contributed by atoms with Gasteiger partial charge in [0.25, 0.3) is 0 Å². The third-order valence-corrected chi connectivity index (χ3v) is 4.73. The smallest absolute Gasteiger partial charge is 0.203 e. The van der Waals surface area contributed by atoms with Crippen molar-refractivity contribution in [2.45, 2.75) is 25.5 Å². The van der Waals surface area contributed by atoms with Crippen LogP contribution >= 0.6 is 11.3 Å². The van der Waals surface area contributed by atoms with Gasteiger partial charge in [-0.25, -0.2) is 4.98 Å². The van der Waals surface area contributed by atoms with E-state index in [1.807, 2.05) is 10.6 Å². The maximum atomic E-state index is 5.81.